The zero-order valence-corrected chi connectivity index (χ0v) is 49.7. The van der Waals surface area contributed by atoms with Crippen molar-refractivity contribution in [3.63, 3.8) is 0 Å². The fourth-order valence-electron chi connectivity index (χ4n) is 12.4. The molecule has 7 rings (SSSR count). The predicted octanol–water partition coefficient (Wildman–Crippen LogP) is 10.8. The molecule has 2 bridgehead atoms. The number of ether oxygens (including phenoxy) is 6. The number of allylic oxidation sites excluding steroid dienone is 12. The maximum absolute atomic E-state index is 16.3. The molecule has 0 radical (unpaired) electrons. The topological polar surface area (TPSA) is 227 Å². The predicted molar refractivity (Wildman–Crippen MR) is 319 cm³/mol. The maximum Gasteiger partial charge on any atom is 0.338 e. The lowest BCUT2D eigenvalue weighted by Gasteiger charge is -2.67. The summed E-state index contributed by atoms with van der Waals surface area (Å²) in [5.74, 6) is -7.71. The van der Waals surface area contributed by atoms with Crippen molar-refractivity contribution in [3.05, 3.63) is 192 Å². The second-order valence-corrected chi connectivity index (χ2v) is 22.8. The lowest BCUT2D eigenvalue weighted by atomic mass is 9.44. The number of hydrogen-bond donors (Lipinski definition) is 3. The summed E-state index contributed by atoms with van der Waals surface area (Å²) in [4.78, 5) is 100. The normalized spacial score (nSPS) is 27.0. The molecule has 452 valence electrons. The molecular formula is C69H81NO15. The third-order valence-electron chi connectivity index (χ3n) is 16.8. The van der Waals surface area contributed by atoms with Crippen molar-refractivity contribution in [2.45, 2.75) is 167 Å². The first-order valence-corrected chi connectivity index (χ1v) is 29.3. The van der Waals surface area contributed by atoms with Gasteiger partial charge in [-0.15, -0.1) is 0 Å². The second-order valence-electron chi connectivity index (χ2n) is 22.8. The van der Waals surface area contributed by atoms with Gasteiger partial charge >= 0.3 is 29.8 Å². The summed E-state index contributed by atoms with van der Waals surface area (Å²) in [6.45, 7) is 10.2. The van der Waals surface area contributed by atoms with Crippen LogP contribution < -0.4 is 5.32 Å². The van der Waals surface area contributed by atoms with Crippen LogP contribution in [-0.4, -0.2) is 106 Å². The quantitative estimate of drug-likeness (QED) is 0.0407. The minimum absolute atomic E-state index is 0.0255. The number of benzene rings is 3. The number of amides is 1. The van der Waals surface area contributed by atoms with E-state index in [0.717, 1.165) is 46.0 Å². The number of esters is 5. The third-order valence-corrected chi connectivity index (χ3v) is 16.8. The average molecular weight is 1160 g/mol. The highest BCUT2D eigenvalue weighted by Crippen LogP contribution is 2.65. The molecule has 85 heavy (non-hydrogen) atoms. The number of fused-ring (bicyclic) bond motifs is 5. The molecule has 1 unspecified atom stereocenters. The monoisotopic (exact) mass is 1160 g/mol. The standard InChI is InChI=1S/C69H81NO15/c1-8-9-10-11-12-13-14-15-16-17-18-19-20-21-22-23-24-25-35-42-55(73)83-53-43-54-68(45-80-54,85-48(4)72)60-62(84-64(77)51-40-33-28-34-41-51)69(79)44-52(46(2)56(66(69,5)6)59(81-47(3)71)61(75)67(53,60)7)82-65(78)58(74)57(49-36-29-26-30-37-49)70-63(76)50-38-31-27-32-39-50/h9-10,12-13,15-16,18-19,21-22,24-34,36-41,52-54,57-60,62,74,79H,8,11,14,17,20,23,35,42-45H2,1-7H3,(H,70,76)/b10-9-,13-12-,16-15-,19-18-,22-21-,25-24-/t52-,53-,54+,57-,58+,59+,60?,62-,67+,68-,69+/m0/s1. The van der Waals surface area contributed by atoms with Crippen molar-refractivity contribution in [1.82, 2.24) is 5.32 Å². The summed E-state index contributed by atoms with van der Waals surface area (Å²) in [5, 5.41) is 28.9. The Bertz CT molecular complexity index is 3070. The fourth-order valence-corrected chi connectivity index (χ4v) is 12.4. The van der Waals surface area contributed by atoms with E-state index in [-0.39, 0.29) is 48.1 Å². The number of aliphatic hydroxyl groups is 2. The van der Waals surface area contributed by atoms with Crippen molar-refractivity contribution in [2.24, 2.45) is 16.7 Å². The summed E-state index contributed by atoms with van der Waals surface area (Å²) in [5.41, 5.74) is -7.41. The Kier molecular flexibility index (Phi) is 22.4. The number of carbonyl (C=O) groups is 7. The molecule has 11 atom stereocenters. The van der Waals surface area contributed by atoms with E-state index in [1.165, 1.54) is 26.0 Å². The summed E-state index contributed by atoms with van der Waals surface area (Å²) < 4.78 is 37.7. The SMILES string of the molecule is CC/C=C\C/C=C\C/C=C\C/C=C\C/C=C\C/C=C\CCC(=O)O[C@H]1C[C@H]2OC[C@@]2(OC(C)=O)C2[C@H](OC(=O)c3ccccc3)[C@]3(O)C[C@H](OC(=O)[C@H](O)[C@@H](NC(=O)c4ccccc4)c4ccccc4)C(C)=C([C@@H](OC(C)=O)C(=O)[C@@]21C)C3(C)C. The van der Waals surface area contributed by atoms with Gasteiger partial charge in [0.05, 0.1) is 29.5 Å². The van der Waals surface area contributed by atoms with Crippen LogP contribution in [0.4, 0.5) is 0 Å². The van der Waals surface area contributed by atoms with Crippen LogP contribution in [0, 0.1) is 16.7 Å². The fraction of sp³-hybridized carbons (Fsp3) is 0.435. The van der Waals surface area contributed by atoms with Gasteiger partial charge in [0.2, 0.25) is 0 Å². The zero-order chi connectivity index (χ0) is 61.4. The molecule has 3 aromatic carbocycles. The van der Waals surface area contributed by atoms with Gasteiger partial charge in [-0.3, -0.25) is 24.0 Å². The molecule has 2 saturated carbocycles. The number of nitrogens with one attached hydrogen (secondary N) is 1. The van der Waals surface area contributed by atoms with Crippen LogP contribution >= 0.6 is 0 Å². The van der Waals surface area contributed by atoms with Gasteiger partial charge in [-0.25, -0.2) is 9.59 Å². The van der Waals surface area contributed by atoms with E-state index in [4.69, 9.17) is 28.4 Å². The molecule has 0 spiro atoms. The van der Waals surface area contributed by atoms with E-state index in [9.17, 15) is 39.0 Å². The van der Waals surface area contributed by atoms with Gasteiger partial charge in [-0.1, -0.05) is 160 Å². The number of Topliss-reactive ketones (excluding diaryl/α,β-unsaturated/α-hetero) is 1. The van der Waals surface area contributed by atoms with Crippen LogP contribution in [0.3, 0.4) is 0 Å². The van der Waals surface area contributed by atoms with Crippen LogP contribution in [0.1, 0.15) is 145 Å². The van der Waals surface area contributed by atoms with Gasteiger partial charge in [0, 0.05) is 44.1 Å². The van der Waals surface area contributed by atoms with Gasteiger partial charge in [0.25, 0.3) is 5.91 Å². The van der Waals surface area contributed by atoms with Crippen molar-refractivity contribution in [3.8, 4) is 0 Å². The first-order chi connectivity index (χ1) is 40.7. The summed E-state index contributed by atoms with van der Waals surface area (Å²) in [6, 6.07) is 23.0. The minimum Gasteiger partial charge on any atom is -0.461 e. The van der Waals surface area contributed by atoms with E-state index in [1.807, 2.05) is 18.2 Å². The Balaban J connectivity index is 1.21. The van der Waals surface area contributed by atoms with Gasteiger partial charge in [-0.05, 0) is 99.8 Å². The smallest absolute Gasteiger partial charge is 0.338 e. The minimum atomic E-state index is -2.47. The molecule has 1 amide bonds. The van der Waals surface area contributed by atoms with E-state index in [1.54, 1.807) is 92.7 Å². The molecule has 1 aliphatic heterocycles. The van der Waals surface area contributed by atoms with Gasteiger partial charge in [0.15, 0.2) is 23.6 Å². The number of ketones is 1. The lowest BCUT2D eigenvalue weighted by Crippen LogP contribution is -2.82. The molecular weight excluding hydrogens is 1080 g/mol. The highest BCUT2D eigenvalue weighted by molar-refractivity contribution is 5.96. The molecule has 1 saturated heterocycles. The van der Waals surface area contributed by atoms with Gasteiger partial charge in [0.1, 0.15) is 30.0 Å². The van der Waals surface area contributed by atoms with Gasteiger partial charge < -0.3 is 44.0 Å². The molecule has 4 aliphatic rings. The van der Waals surface area contributed by atoms with E-state index >= 15 is 4.79 Å². The van der Waals surface area contributed by atoms with E-state index < -0.39 is 119 Å². The van der Waals surface area contributed by atoms with Crippen LogP contribution in [0.15, 0.2) is 175 Å². The molecule has 0 aromatic heterocycles. The largest absolute Gasteiger partial charge is 0.461 e. The average Bonchev–Trinajstić information content (AvgIpc) is 0.693. The van der Waals surface area contributed by atoms with Crippen molar-refractivity contribution < 1.29 is 72.2 Å². The van der Waals surface area contributed by atoms with Crippen molar-refractivity contribution >= 4 is 41.5 Å². The Morgan fingerprint density at radius 3 is 1.74 bits per heavy atom. The Morgan fingerprint density at radius 1 is 0.694 bits per heavy atom. The van der Waals surface area contributed by atoms with Crippen molar-refractivity contribution in [1.29, 1.82) is 0 Å². The van der Waals surface area contributed by atoms with Crippen LogP contribution in [0.2, 0.25) is 0 Å². The zero-order valence-electron chi connectivity index (χ0n) is 49.7. The highest BCUT2D eigenvalue weighted by atomic mass is 16.6. The number of rotatable bonds is 25. The molecule has 3 N–H and O–H groups in total. The number of aliphatic hydroxyl groups excluding tert-OH is 1. The van der Waals surface area contributed by atoms with E-state index in [2.05, 4.69) is 66.9 Å². The number of hydrogen-bond acceptors (Lipinski definition) is 15. The van der Waals surface area contributed by atoms with Crippen LogP contribution in [-0.2, 0) is 52.4 Å². The summed E-state index contributed by atoms with van der Waals surface area (Å²) >= 11 is 0. The first-order valence-electron chi connectivity index (χ1n) is 29.3. The molecule has 16 nitrogen and oxygen atoms in total. The molecule has 3 fully saturated rings. The van der Waals surface area contributed by atoms with Crippen LogP contribution in [0.5, 0.6) is 0 Å². The second kappa shape index (κ2) is 29.3. The Labute approximate surface area is 498 Å². The van der Waals surface area contributed by atoms with Crippen molar-refractivity contribution in [2.75, 3.05) is 6.61 Å². The maximum atomic E-state index is 16.3. The lowest BCUT2D eigenvalue weighted by molar-refractivity contribution is -0.346. The third kappa shape index (κ3) is 14.8. The van der Waals surface area contributed by atoms with E-state index in [0.29, 0.717) is 12.0 Å². The molecule has 1 heterocycles. The molecule has 16 heteroatoms. The summed E-state index contributed by atoms with van der Waals surface area (Å²) in [7, 11) is 0. The Hall–Kier alpha value is -7.79. The Morgan fingerprint density at radius 2 is 1.22 bits per heavy atom. The number of carbonyl (C=O) groups excluding carboxylic acids is 7. The first kappa shape index (κ1) is 64.8. The van der Waals surface area contributed by atoms with Crippen LogP contribution in [0.25, 0.3) is 0 Å². The van der Waals surface area contributed by atoms with Gasteiger partial charge in [-0.2, -0.15) is 0 Å². The summed E-state index contributed by atoms with van der Waals surface area (Å²) in [6.07, 6.45) is 19.6. The molecule has 3 aliphatic carbocycles. The highest BCUT2D eigenvalue weighted by Gasteiger charge is 2.79. The molecule has 3 aromatic rings.